The van der Waals surface area contributed by atoms with Crippen LogP contribution in [0.5, 0.6) is 0 Å². The number of hydrogen-bond donors (Lipinski definition) is 8. The first kappa shape index (κ1) is 30.2. The molecule has 13 heteroatoms. The molecule has 40 heavy (non-hydrogen) atoms. The average Bonchev–Trinajstić information content (AvgIpc) is 3.33. The number of hydrogen-bond acceptors (Lipinski definition) is 7. The Kier molecular flexibility index (Phi) is 10.7. The van der Waals surface area contributed by atoms with Gasteiger partial charge >= 0.3 is 11.9 Å². The van der Waals surface area contributed by atoms with E-state index in [1.165, 1.54) is 0 Å². The van der Waals surface area contributed by atoms with Crippen LogP contribution in [-0.4, -0.2) is 74.8 Å². The van der Waals surface area contributed by atoms with Crippen molar-refractivity contribution in [1.82, 2.24) is 20.9 Å². The maximum atomic E-state index is 13.4. The third-order valence-corrected chi connectivity index (χ3v) is 6.54. The summed E-state index contributed by atoms with van der Waals surface area (Å²) in [5.74, 6) is -5.52. The Morgan fingerprint density at radius 3 is 2.05 bits per heavy atom. The van der Waals surface area contributed by atoms with Crippen molar-refractivity contribution in [3.63, 3.8) is 0 Å². The highest BCUT2D eigenvalue weighted by Gasteiger charge is 2.32. The van der Waals surface area contributed by atoms with Crippen LogP contribution in [0, 0.1) is 0 Å². The third kappa shape index (κ3) is 8.32. The Labute approximate surface area is 235 Å². The summed E-state index contributed by atoms with van der Waals surface area (Å²) >= 11 is 3.88. The molecule has 0 bridgehead atoms. The lowest BCUT2D eigenvalue weighted by Crippen LogP contribution is -2.58. The zero-order valence-corrected chi connectivity index (χ0v) is 22.3. The Bertz CT molecular complexity index is 1360. The Hall–Kier alpha value is -4.36. The van der Waals surface area contributed by atoms with E-state index >= 15 is 0 Å². The summed E-state index contributed by atoms with van der Waals surface area (Å²) in [5, 5.41) is 26.5. The molecule has 0 saturated heterocycles. The largest absolute Gasteiger partial charge is 0.481 e. The molecule has 3 rings (SSSR count). The number of para-hydroxylation sites is 1. The van der Waals surface area contributed by atoms with Gasteiger partial charge in [-0.1, -0.05) is 48.5 Å². The number of H-pyrrole nitrogens is 1. The van der Waals surface area contributed by atoms with Gasteiger partial charge in [0.25, 0.3) is 0 Å². The summed E-state index contributed by atoms with van der Waals surface area (Å²) in [6.07, 6.45) is 1.07. The molecule has 0 aliphatic heterocycles. The monoisotopic (exact) mass is 569 g/mol. The number of thiol groups is 1. The smallest absolute Gasteiger partial charge is 0.327 e. The first-order valence-electron chi connectivity index (χ1n) is 12.4. The predicted molar refractivity (Wildman–Crippen MR) is 150 cm³/mol. The molecule has 0 aliphatic rings. The van der Waals surface area contributed by atoms with E-state index in [0.29, 0.717) is 5.56 Å². The quantitative estimate of drug-likeness (QED) is 0.126. The van der Waals surface area contributed by atoms with Gasteiger partial charge in [0.1, 0.15) is 18.1 Å². The topological polar surface area (TPSA) is 204 Å². The summed E-state index contributed by atoms with van der Waals surface area (Å²) in [5.41, 5.74) is 8.43. The number of fused-ring (bicyclic) bond motifs is 1. The first-order chi connectivity index (χ1) is 19.1. The number of rotatable bonds is 14. The predicted octanol–water partition coefficient (Wildman–Crippen LogP) is 0.224. The highest BCUT2D eigenvalue weighted by molar-refractivity contribution is 7.80. The highest BCUT2D eigenvalue weighted by atomic mass is 32.1. The molecule has 0 radical (unpaired) electrons. The van der Waals surface area contributed by atoms with Gasteiger partial charge in [0.2, 0.25) is 17.7 Å². The van der Waals surface area contributed by atoms with Crippen LogP contribution < -0.4 is 21.7 Å². The second-order valence-electron chi connectivity index (χ2n) is 9.16. The van der Waals surface area contributed by atoms with Crippen molar-refractivity contribution < 1.29 is 34.2 Å². The summed E-state index contributed by atoms with van der Waals surface area (Å²) in [4.78, 5) is 65.1. The minimum atomic E-state index is -1.62. The molecule has 0 spiro atoms. The van der Waals surface area contributed by atoms with Crippen LogP contribution in [0.15, 0.2) is 60.8 Å². The zero-order chi connectivity index (χ0) is 29.2. The number of nitrogens with one attached hydrogen (secondary N) is 4. The van der Waals surface area contributed by atoms with E-state index in [4.69, 9.17) is 5.73 Å². The number of aromatic amines is 1. The zero-order valence-electron chi connectivity index (χ0n) is 21.4. The molecule has 3 aromatic rings. The number of carboxylic acids is 2. The molecule has 0 fully saturated rings. The van der Waals surface area contributed by atoms with Gasteiger partial charge in [0, 0.05) is 29.3 Å². The molecule has 3 amide bonds. The van der Waals surface area contributed by atoms with E-state index in [1.54, 1.807) is 6.20 Å². The number of amides is 3. The standard InChI is InChI=1S/C27H31N5O7S/c28-18(10-15-6-2-1-3-7-15)24(35)30-20(11-16-13-29-19-9-5-4-8-17(16)19)25(36)31-21(12-23(33)34)26(37)32-22(14-40)27(38)39/h1-9,13,18,20-22,29,40H,10-12,14,28H2,(H,30,35)(H,31,36)(H,32,37)(H,33,34)(H,38,39). The number of aliphatic carboxylic acids is 2. The van der Waals surface area contributed by atoms with E-state index in [2.05, 4.69) is 33.6 Å². The van der Waals surface area contributed by atoms with Gasteiger partial charge in [-0.25, -0.2) is 4.79 Å². The third-order valence-electron chi connectivity index (χ3n) is 6.18. The van der Waals surface area contributed by atoms with Gasteiger partial charge in [-0.3, -0.25) is 19.2 Å². The van der Waals surface area contributed by atoms with Crippen molar-refractivity contribution >= 4 is 53.2 Å². The van der Waals surface area contributed by atoms with Crippen LogP contribution in [-0.2, 0) is 36.8 Å². The summed E-state index contributed by atoms with van der Waals surface area (Å²) in [7, 11) is 0. The molecule has 4 unspecified atom stereocenters. The molecule has 4 atom stereocenters. The van der Waals surface area contributed by atoms with Crippen molar-refractivity contribution in [2.24, 2.45) is 5.73 Å². The van der Waals surface area contributed by atoms with Crippen molar-refractivity contribution in [2.75, 3.05) is 5.75 Å². The summed E-state index contributed by atoms with van der Waals surface area (Å²) < 4.78 is 0. The second kappa shape index (κ2) is 14.1. The normalized spacial score (nSPS) is 13.9. The van der Waals surface area contributed by atoms with E-state index in [9.17, 15) is 34.2 Å². The molecule has 0 aliphatic carbocycles. The summed E-state index contributed by atoms with van der Waals surface area (Å²) in [6, 6.07) is 11.2. The fourth-order valence-electron chi connectivity index (χ4n) is 4.08. The summed E-state index contributed by atoms with van der Waals surface area (Å²) in [6.45, 7) is 0. The molecule has 12 nitrogen and oxygen atoms in total. The van der Waals surface area contributed by atoms with Crippen LogP contribution in [0.25, 0.3) is 10.9 Å². The highest BCUT2D eigenvalue weighted by Crippen LogP contribution is 2.19. The lowest BCUT2D eigenvalue weighted by atomic mass is 10.0. The maximum Gasteiger partial charge on any atom is 0.327 e. The molecular formula is C27H31N5O7S. The van der Waals surface area contributed by atoms with Crippen molar-refractivity contribution in [3.8, 4) is 0 Å². The second-order valence-corrected chi connectivity index (χ2v) is 9.53. The minimum absolute atomic E-state index is 0.00452. The molecule has 1 heterocycles. The van der Waals surface area contributed by atoms with E-state index in [1.807, 2.05) is 54.6 Å². The van der Waals surface area contributed by atoms with E-state index in [-0.39, 0.29) is 18.6 Å². The number of aromatic nitrogens is 1. The number of carboxylic acid groups (broad SMARTS) is 2. The number of carbonyl (C=O) groups is 5. The average molecular weight is 570 g/mol. The van der Waals surface area contributed by atoms with Crippen LogP contribution in [0.3, 0.4) is 0 Å². The number of benzene rings is 2. The lowest BCUT2D eigenvalue weighted by molar-refractivity contribution is -0.143. The lowest BCUT2D eigenvalue weighted by Gasteiger charge is -2.24. The van der Waals surface area contributed by atoms with Crippen LogP contribution in [0.1, 0.15) is 17.5 Å². The maximum absolute atomic E-state index is 13.4. The van der Waals surface area contributed by atoms with E-state index < -0.39 is 60.2 Å². The Balaban J connectivity index is 1.83. The fourth-order valence-corrected chi connectivity index (χ4v) is 4.33. The molecule has 8 N–H and O–H groups in total. The van der Waals surface area contributed by atoms with Crippen LogP contribution in [0.2, 0.25) is 0 Å². The van der Waals surface area contributed by atoms with Crippen molar-refractivity contribution in [2.45, 2.75) is 43.4 Å². The van der Waals surface area contributed by atoms with Crippen LogP contribution in [0.4, 0.5) is 0 Å². The fraction of sp³-hybridized carbons (Fsp3) is 0.296. The van der Waals surface area contributed by atoms with Crippen molar-refractivity contribution in [1.29, 1.82) is 0 Å². The molecular weight excluding hydrogens is 538 g/mol. The SMILES string of the molecule is NC(Cc1ccccc1)C(=O)NC(Cc1c[nH]c2ccccc12)C(=O)NC(CC(=O)O)C(=O)NC(CS)C(=O)O. The first-order valence-corrected chi connectivity index (χ1v) is 13.0. The van der Waals surface area contributed by atoms with Gasteiger partial charge in [0.15, 0.2) is 0 Å². The molecule has 2 aromatic carbocycles. The van der Waals surface area contributed by atoms with Gasteiger partial charge in [-0.05, 0) is 23.6 Å². The molecule has 0 saturated carbocycles. The molecule has 212 valence electrons. The Morgan fingerprint density at radius 2 is 1.40 bits per heavy atom. The van der Waals surface area contributed by atoms with Crippen molar-refractivity contribution in [3.05, 3.63) is 71.9 Å². The minimum Gasteiger partial charge on any atom is -0.481 e. The number of carbonyl (C=O) groups excluding carboxylic acids is 3. The van der Waals surface area contributed by atoms with Gasteiger partial charge in [0.05, 0.1) is 12.5 Å². The van der Waals surface area contributed by atoms with Gasteiger partial charge < -0.3 is 36.9 Å². The van der Waals surface area contributed by atoms with Gasteiger partial charge in [-0.2, -0.15) is 12.6 Å². The molecule has 1 aromatic heterocycles. The number of nitrogens with two attached hydrogens (primary N) is 1. The van der Waals surface area contributed by atoms with E-state index in [0.717, 1.165) is 16.5 Å². The van der Waals surface area contributed by atoms with Crippen LogP contribution >= 0.6 is 12.6 Å². The Morgan fingerprint density at radius 1 is 0.800 bits per heavy atom. The van der Waals surface area contributed by atoms with Gasteiger partial charge in [-0.15, -0.1) is 0 Å².